The van der Waals surface area contributed by atoms with Crippen LogP contribution in [0.3, 0.4) is 0 Å². The molecule has 0 heterocycles. The Balaban J connectivity index is 2.06. The van der Waals surface area contributed by atoms with Crippen molar-refractivity contribution in [2.75, 3.05) is 7.11 Å². The first-order valence-corrected chi connectivity index (χ1v) is 9.61. The molecule has 0 radical (unpaired) electrons. The van der Waals surface area contributed by atoms with Crippen molar-refractivity contribution in [3.05, 3.63) is 70.8 Å². The minimum Gasteiger partial charge on any atom is -0.467 e. The van der Waals surface area contributed by atoms with E-state index in [9.17, 15) is 23.2 Å². The van der Waals surface area contributed by atoms with Crippen molar-refractivity contribution in [1.82, 2.24) is 5.32 Å². The van der Waals surface area contributed by atoms with Crippen LogP contribution in [0.5, 0.6) is 0 Å². The third kappa shape index (κ3) is 7.81. The summed E-state index contributed by atoms with van der Waals surface area (Å²) in [5, 5.41) is 2.52. The number of amides is 1. The molecule has 1 N–H and O–H groups in total. The summed E-state index contributed by atoms with van der Waals surface area (Å²) >= 11 is 0. The second kappa shape index (κ2) is 10.1. The highest BCUT2D eigenvalue weighted by Gasteiger charge is 2.23. The van der Waals surface area contributed by atoms with Crippen LogP contribution in [0.1, 0.15) is 42.3 Å². The largest absolute Gasteiger partial charge is 0.467 e. The second-order valence-electron chi connectivity index (χ2n) is 8.00. The smallest absolute Gasteiger partial charge is 0.338 e. The van der Waals surface area contributed by atoms with E-state index < -0.39 is 41.1 Å². The van der Waals surface area contributed by atoms with Crippen LogP contribution in [0.25, 0.3) is 0 Å². The van der Waals surface area contributed by atoms with Gasteiger partial charge in [0.25, 0.3) is 0 Å². The first-order chi connectivity index (χ1) is 14.5. The Kier molecular flexibility index (Phi) is 7.85. The van der Waals surface area contributed by atoms with E-state index in [0.29, 0.717) is 17.2 Å². The Hall–Kier alpha value is -3.29. The van der Waals surface area contributed by atoms with E-state index in [1.807, 2.05) is 0 Å². The molecule has 8 heteroatoms. The summed E-state index contributed by atoms with van der Waals surface area (Å²) in [7, 11) is 1.19. The number of halogens is 2. The van der Waals surface area contributed by atoms with Crippen molar-refractivity contribution in [1.29, 1.82) is 0 Å². The molecule has 0 unspecified atom stereocenters. The van der Waals surface area contributed by atoms with Gasteiger partial charge in [0.15, 0.2) is 0 Å². The normalized spacial score (nSPS) is 12.1. The SMILES string of the molecule is COC(=O)[C@@H](Cc1ccc(C(=O)OC(C)(C)C)cc1)NC(=O)Cc1cc(F)cc(F)c1. The van der Waals surface area contributed by atoms with Crippen LogP contribution < -0.4 is 5.32 Å². The number of esters is 2. The number of rotatable bonds is 7. The minimum absolute atomic E-state index is 0.102. The third-order valence-corrected chi connectivity index (χ3v) is 4.14. The predicted molar refractivity (Wildman–Crippen MR) is 109 cm³/mol. The maximum atomic E-state index is 13.3. The highest BCUT2D eigenvalue weighted by molar-refractivity contribution is 5.90. The number of carbonyl (C=O) groups excluding carboxylic acids is 3. The fraction of sp³-hybridized carbons (Fsp3) is 0.348. The molecule has 0 bridgehead atoms. The summed E-state index contributed by atoms with van der Waals surface area (Å²) < 4.78 is 36.7. The number of ether oxygens (including phenoxy) is 2. The molecule has 2 rings (SSSR count). The second-order valence-corrected chi connectivity index (χ2v) is 8.00. The summed E-state index contributed by atoms with van der Waals surface area (Å²) in [5.41, 5.74) is 0.534. The number of methoxy groups -OCH3 is 1. The van der Waals surface area contributed by atoms with Gasteiger partial charge < -0.3 is 14.8 Å². The Morgan fingerprint density at radius 2 is 1.55 bits per heavy atom. The van der Waals surface area contributed by atoms with Gasteiger partial charge in [-0.15, -0.1) is 0 Å². The lowest BCUT2D eigenvalue weighted by atomic mass is 10.0. The zero-order chi connectivity index (χ0) is 23.2. The monoisotopic (exact) mass is 433 g/mol. The van der Waals surface area contributed by atoms with Gasteiger partial charge in [-0.2, -0.15) is 0 Å². The molecule has 31 heavy (non-hydrogen) atoms. The number of benzene rings is 2. The van der Waals surface area contributed by atoms with E-state index >= 15 is 0 Å². The summed E-state index contributed by atoms with van der Waals surface area (Å²) in [6.07, 6.45) is -0.204. The Labute approximate surface area is 179 Å². The van der Waals surface area contributed by atoms with E-state index in [0.717, 1.165) is 12.1 Å². The van der Waals surface area contributed by atoms with E-state index in [1.165, 1.54) is 7.11 Å². The van der Waals surface area contributed by atoms with Gasteiger partial charge in [0.1, 0.15) is 23.3 Å². The molecular formula is C23H25F2NO5. The Morgan fingerprint density at radius 1 is 0.968 bits per heavy atom. The first-order valence-electron chi connectivity index (χ1n) is 9.61. The molecule has 166 valence electrons. The van der Waals surface area contributed by atoms with Crippen LogP contribution in [-0.2, 0) is 31.9 Å². The van der Waals surface area contributed by atoms with Crippen LogP contribution in [0.15, 0.2) is 42.5 Å². The summed E-state index contributed by atoms with van der Waals surface area (Å²) in [6, 6.07) is 8.20. The lowest BCUT2D eigenvalue weighted by Crippen LogP contribution is -2.43. The van der Waals surface area contributed by atoms with Crippen molar-refractivity contribution in [2.24, 2.45) is 0 Å². The van der Waals surface area contributed by atoms with Crippen LogP contribution >= 0.6 is 0 Å². The average Bonchev–Trinajstić information content (AvgIpc) is 2.65. The van der Waals surface area contributed by atoms with Gasteiger partial charge >= 0.3 is 11.9 Å². The van der Waals surface area contributed by atoms with E-state index in [2.05, 4.69) is 5.32 Å². The van der Waals surface area contributed by atoms with Gasteiger partial charge in [-0.1, -0.05) is 12.1 Å². The quantitative estimate of drug-likeness (QED) is 0.678. The lowest BCUT2D eigenvalue weighted by molar-refractivity contribution is -0.145. The van der Waals surface area contributed by atoms with Crippen molar-refractivity contribution in [3.63, 3.8) is 0 Å². The molecular weight excluding hydrogens is 408 g/mol. The highest BCUT2D eigenvalue weighted by Crippen LogP contribution is 2.14. The number of hydrogen-bond donors (Lipinski definition) is 1. The Bertz CT molecular complexity index is 931. The van der Waals surface area contributed by atoms with E-state index in [1.54, 1.807) is 45.0 Å². The maximum absolute atomic E-state index is 13.3. The Morgan fingerprint density at radius 3 is 2.06 bits per heavy atom. The van der Waals surface area contributed by atoms with Gasteiger partial charge in [0.2, 0.25) is 5.91 Å². The van der Waals surface area contributed by atoms with Crippen LogP contribution in [0.2, 0.25) is 0 Å². The zero-order valence-electron chi connectivity index (χ0n) is 17.8. The topological polar surface area (TPSA) is 81.7 Å². The molecule has 0 saturated heterocycles. The summed E-state index contributed by atoms with van der Waals surface area (Å²) in [4.78, 5) is 36.5. The van der Waals surface area contributed by atoms with Crippen molar-refractivity contribution in [3.8, 4) is 0 Å². The lowest BCUT2D eigenvalue weighted by Gasteiger charge is -2.20. The summed E-state index contributed by atoms with van der Waals surface area (Å²) in [6.45, 7) is 5.30. The van der Waals surface area contributed by atoms with E-state index in [4.69, 9.17) is 9.47 Å². The average molecular weight is 433 g/mol. The standard InChI is InChI=1S/C23H25F2NO5/c1-23(2,3)31-21(28)16-7-5-14(6-8-16)11-19(22(29)30-4)26-20(27)12-15-9-17(24)13-18(25)10-15/h5-10,13,19H,11-12H2,1-4H3,(H,26,27)/t19-/m1/s1. The molecule has 0 saturated carbocycles. The fourth-order valence-electron chi connectivity index (χ4n) is 2.83. The number of carbonyl (C=O) groups is 3. The van der Waals surface area contributed by atoms with Crippen LogP contribution in [0.4, 0.5) is 8.78 Å². The van der Waals surface area contributed by atoms with E-state index in [-0.39, 0.29) is 18.4 Å². The zero-order valence-corrected chi connectivity index (χ0v) is 17.8. The van der Waals surface area contributed by atoms with Gasteiger partial charge in [0.05, 0.1) is 19.1 Å². The van der Waals surface area contributed by atoms with Crippen molar-refractivity contribution >= 4 is 17.8 Å². The van der Waals surface area contributed by atoms with Gasteiger partial charge in [-0.05, 0) is 56.2 Å². The minimum atomic E-state index is -1.01. The molecule has 2 aromatic rings. The molecule has 1 atom stereocenters. The van der Waals surface area contributed by atoms with Crippen LogP contribution in [0, 0.1) is 11.6 Å². The molecule has 2 aromatic carbocycles. The molecule has 0 spiro atoms. The van der Waals surface area contributed by atoms with Gasteiger partial charge in [-0.25, -0.2) is 18.4 Å². The molecule has 1 amide bonds. The molecule has 0 aliphatic rings. The summed E-state index contributed by atoms with van der Waals surface area (Å²) in [5.74, 6) is -3.32. The molecule has 0 fully saturated rings. The van der Waals surface area contributed by atoms with Gasteiger partial charge in [0, 0.05) is 12.5 Å². The van der Waals surface area contributed by atoms with Gasteiger partial charge in [-0.3, -0.25) is 4.79 Å². The highest BCUT2D eigenvalue weighted by atomic mass is 19.1. The molecule has 0 aliphatic heterocycles. The fourth-order valence-corrected chi connectivity index (χ4v) is 2.83. The number of nitrogens with one attached hydrogen (secondary N) is 1. The van der Waals surface area contributed by atoms with Crippen molar-refractivity contribution < 1.29 is 32.6 Å². The molecule has 6 nitrogen and oxygen atoms in total. The van der Waals surface area contributed by atoms with Crippen molar-refractivity contribution in [2.45, 2.75) is 45.3 Å². The molecule has 0 aliphatic carbocycles. The molecule has 0 aromatic heterocycles. The maximum Gasteiger partial charge on any atom is 0.338 e. The predicted octanol–water partition coefficient (Wildman–Crippen LogP) is 3.36. The van der Waals surface area contributed by atoms with Crippen LogP contribution in [-0.4, -0.2) is 36.6 Å². The third-order valence-electron chi connectivity index (χ3n) is 4.14. The first kappa shape index (κ1) is 24.0. The number of hydrogen-bond acceptors (Lipinski definition) is 5.